The Hall–Kier alpha value is -0.770. The molecule has 0 aromatic carbocycles. The van der Waals surface area contributed by atoms with E-state index in [4.69, 9.17) is 5.73 Å². The van der Waals surface area contributed by atoms with Gasteiger partial charge in [0.15, 0.2) is 5.96 Å². The summed E-state index contributed by atoms with van der Waals surface area (Å²) in [6, 6.07) is 0.777. The quantitative estimate of drug-likeness (QED) is 0.415. The van der Waals surface area contributed by atoms with Crippen LogP contribution in [0.5, 0.6) is 0 Å². The van der Waals surface area contributed by atoms with Crippen molar-refractivity contribution in [2.45, 2.75) is 57.9 Å². The molecule has 4 heteroatoms. The van der Waals surface area contributed by atoms with Crippen molar-refractivity contribution >= 4 is 5.96 Å². The van der Waals surface area contributed by atoms with Gasteiger partial charge < -0.3 is 16.0 Å². The van der Waals surface area contributed by atoms with Crippen molar-refractivity contribution in [2.75, 3.05) is 26.7 Å². The van der Waals surface area contributed by atoms with Crippen molar-refractivity contribution in [3.05, 3.63) is 0 Å². The first-order valence-electron chi connectivity index (χ1n) is 7.48. The lowest BCUT2D eigenvalue weighted by Crippen LogP contribution is -2.41. The summed E-state index contributed by atoms with van der Waals surface area (Å²) in [7, 11) is 2.22. The van der Waals surface area contributed by atoms with Crippen LogP contribution >= 0.6 is 0 Å². The molecule has 0 amide bonds. The Morgan fingerprint density at radius 1 is 1.33 bits per heavy atom. The Labute approximate surface area is 112 Å². The van der Waals surface area contributed by atoms with E-state index in [1.54, 1.807) is 0 Å². The predicted molar refractivity (Wildman–Crippen MR) is 78.9 cm³/mol. The zero-order chi connectivity index (χ0) is 13.2. The lowest BCUT2D eigenvalue weighted by atomic mass is 9.94. The Morgan fingerprint density at radius 2 is 2.06 bits per heavy atom. The van der Waals surface area contributed by atoms with Crippen LogP contribution in [0, 0.1) is 0 Å². The van der Waals surface area contributed by atoms with Crippen LogP contribution in [0.1, 0.15) is 51.9 Å². The van der Waals surface area contributed by atoms with Crippen LogP contribution in [0.4, 0.5) is 0 Å². The molecule has 4 nitrogen and oxygen atoms in total. The maximum atomic E-state index is 5.80. The standard InChI is InChI=1S/C14H30N4/c1-3-4-10-16-14(15)17-11-12-18(2)13-8-6-5-7-9-13/h13H,3-12H2,1-2H3,(H3,15,16,17). The summed E-state index contributed by atoms with van der Waals surface area (Å²) in [5.74, 6) is 0.598. The Kier molecular flexibility index (Phi) is 7.81. The van der Waals surface area contributed by atoms with Crippen molar-refractivity contribution in [3.8, 4) is 0 Å². The summed E-state index contributed by atoms with van der Waals surface area (Å²) in [6.07, 6.45) is 9.20. The van der Waals surface area contributed by atoms with E-state index < -0.39 is 0 Å². The number of hydrogen-bond acceptors (Lipinski definition) is 2. The summed E-state index contributed by atoms with van der Waals surface area (Å²) < 4.78 is 0. The lowest BCUT2D eigenvalue weighted by molar-refractivity contribution is 0.194. The highest BCUT2D eigenvalue weighted by Crippen LogP contribution is 2.20. The molecule has 0 unspecified atom stereocenters. The maximum absolute atomic E-state index is 5.80. The van der Waals surface area contributed by atoms with Crippen LogP contribution in [0.3, 0.4) is 0 Å². The van der Waals surface area contributed by atoms with Gasteiger partial charge in [0, 0.05) is 25.7 Å². The molecule has 1 saturated carbocycles. The fourth-order valence-corrected chi connectivity index (χ4v) is 2.48. The highest BCUT2D eigenvalue weighted by molar-refractivity contribution is 5.77. The summed E-state index contributed by atoms with van der Waals surface area (Å²) in [6.45, 7) is 4.95. The monoisotopic (exact) mass is 254 g/mol. The molecule has 1 rings (SSSR count). The first-order valence-corrected chi connectivity index (χ1v) is 7.48. The third kappa shape index (κ3) is 6.24. The van der Waals surface area contributed by atoms with Gasteiger partial charge >= 0.3 is 0 Å². The first kappa shape index (κ1) is 15.3. The van der Waals surface area contributed by atoms with E-state index in [0.29, 0.717) is 5.96 Å². The van der Waals surface area contributed by atoms with Crippen LogP contribution in [0.15, 0.2) is 4.99 Å². The summed E-state index contributed by atoms with van der Waals surface area (Å²) in [5, 5.41) is 3.20. The number of nitrogens with zero attached hydrogens (tertiary/aromatic N) is 2. The molecule has 1 aliphatic carbocycles. The van der Waals surface area contributed by atoms with Crippen LogP contribution in [0.2, 0.25) is 0 Å². The van der Waals surface area contributed by atoms with Crippen molar-refractivity contribution < 1.29 is 0 Å². The van der Waals surface area contributed by atoms with E-state index in [1.807, 2.05) is 0 Å². The molecule has 0 spiro atoms. The van der Waals surface area contributed by atoms with Gasteiger partial charge in [0.1, 0.15) is 0 Å². The molecule has 0 heterocycles. The molecule has 0 radical (unpaired) electrons. The average Bonchev–Trinajstić information content (AvgIpc) is 2.40. The van der Waals surface area contributed by atoms with Gasteiger partial charge in [-0.2, -0.15) is 0 Å². The topological polar surface area (TPSA) is 53.6 Å². The Bertz CT molecular complexity index is 234. The van der Waals surface area contributed by atoms with Gasteiger partial charge in [0.2, 0.25) is 0 Å². The average molecular weight is 254 g/mol. The van der Waals surface area contributed by atoms with E-state index in [1.165, 1.54) is 38.5 Å². The van der Waals surface area contributed by atoms with E-state index >= 15 is 0 Å². The minimum absolute atomic E-state index is 0.598. The van der Waals surface area contributed by atoms with Gasteiger partial charge in [-0.25, -0.2) is 0 Å². The third-order valence-corrected chi connectivity index (χ3v) is 3.76. The van der Waals surface area contributed by atoms with Gasteiger partial charge in [0.05, 0.1) is 0 Å². The number of unbranched alkanes of at least 4 members (excludes halogenated alkanes) is 1. The minimum atomic E-state index is 0.598. The molecular formula is C14H30N4. The fraction of sp³-hybridized carbons (Fsp3) is 0.929. The number of aliphatic imine (C=N–C) groups is 1. The summed E-state index contributed by atoms with van der Waals surface area (Å²) in [5.41, 5.74) is 5.80. The van der Waals surface area contributed by atoms with Crippen LogP contribution in [-0.2, 0) is 0 Å². The largest absolute Gasteiger partial charge is 0.370 e. The molecule has 106 valence electrons. The molecule has 0 aliphatic heterocycles. The number of likely N-dealkylation sites (N-methyl/N-ethyl adjacent to an activating group) is 1. The second-order valence-electron chi connectivity index (χ2n) is 5.32. The molecule has 0 saturated heterocycles. The Morgan fingerprint density at radius 3 is 2.72 bits per heavy atom. The number of nitrogens with one attached hydrogen (secondary N) is 1. The highest BCUT2D eigenvalue weighted by atomic mass is 15.2. The summed E-state index contributed by atoms with van der Waals surface area (Å²) >= 11 is 0. The first-order chi connectivity index (χ1) is 8.74. The van der Waals surface area contributed by atoms with Gasteiger partial charge in [-0.1, -0.05) is 32.6 Å². The SMILES string of the molecule is CCCCN=C(N)NCCN(C)C1CCCCC1. The van der Waals surface area contributed by atoms with E-state index in [0.717, 1.165) is 32.1 Å². The van der Waals surface area contributed by atoms with E-state index in [2.05, 4.69) is 29.2 Å². The van der Waals surface area contributed by atoms with Crippen molar-refractivity contribution in [1.82, 2.24) is 10.2 Å². The van der Waals surface area contributed by atoms with Crippen LogP contribution in [0.25, 0.3) is 0 Å². The second-order valence-corrected chi connectivity index (χ2v) is 5.32. The van der Waals surface area contributed by atoms with E-state index in [9.17, 15) is 0 Å². The molecule has 1 fully saturated rings. The number of rotatable bonds is 7. The molecule has 0 atom stereocenters. The van der Waals surface area contributed by atoms with Crippen molar-refractivity contribution in [3.63, 3.8) is 0 Å². The molecule has 0 aromatic heterocycles. The maximum Gasteiger partial charge on any atom is 0.188 e. The van der Waals surface area contributed by atoms with Gasteiger partial charge in [-0.15, -0.1) is 0 Å². The third-order valence-electron chi connectivity index (χ3n) is 3.76. The fourth-order valence-electron chi connectivity index (χ4n) is 2.48. The van der Waals surface area contributed by atoms with Crippen molar-refractivity contribution in [2.24, 2.45) is 10.7 Å². The number of guanidine groups is 1. The molecule has 18 heavy (non-hydrogen) atoms. The van der Waals surface area contributed by atoms with Gasteiger partial charge in [-0.3, -0.25) is 4.99 Å². The van der Waals surface area contributed by atoms with Crippen LogP contribution < -0.4 is 11.1 Å². The molecule has 3 N–H and O–H groups in total. The zero-order valence-electron chi connectivity index (χ0n) is 12.1. The highest BCUT2D eigenvalue weighted by Gasteiger charge is 2.17. The van der Waals surface area contributed by atoms with Crippen molar-refractivity contribution in [1.29, 1.82) is 0 Å². The number of nitrogens with two attached hydrogens (primary N) is 1. The second kappa shape index (κ2) is 9.20. The predicted octanol–water partition coefficient (Wildman–Crippen LogP) is 1.96. The zero-order valence-corrected chi connectivity index (χ0v) is 12.1. The van der Waals surface area contributed by atoms with E-state index in [-0.39, 0.29) is 0 Å². The van der Waals surface area contributed by atoms with Gasteiger partial charge in [0.25, 0.3) is 0 Å². The number of hydrogen-bond donors (Lipinski definition) is 2. The Balaban J connectivity index is 2.10. The van der Waals surface area contributed by atoms with Gasteiger partial charge in [-0.05, 0) is 26.3 Å². The normalized spacial score (nSPS) is 18.3. The molecule has 0 aromatic rings. The van der Waals surface area contributed by atoms with Crippen LogP contribution in [-0.4, -0.2) is 43.6 Å². The molecule has 0 bridgehead atoms. The lowest BCUT2D eigenvalue weighted by Gasteiger charge is -2.31. The molecule has 1 aliphatic rings. The molecular weight excluding hydrogens is 224 g/mol. The summed E-state index contributed by atoms with van der Waals surface area (Å²) in [4.78, 5) is 6.75. The smallest absolute Gasteiger partial charge is 0.188 e. The minimum Gasteiger partial charge on any atom is -0.370 e.